The molecule has 1 aliphatic rings. The van der Waals surface area contributed by atoms with Crippen LogP contribution in [-0.2, 0) is 0 Å². The molecule has 1 nitrogen and oxygen atoms in total. The SMILES string of the molecule is O=C(C=CC1C=CC=CC1)c1ccccc1.[Ca]. The predicted molar refractivity (Wildman–Crippen MR) is 72.1 cm³/mol. The van der Waals surface area contributed by atoms with Crippen LogP contribution in [0.2, 0.25) is 0 Å². The Morgan fingerprint density at radius 2 is 1.94 bits per heavy atom. The van der Waals surface area contributed by atoms with Crippen molar-refractivity contribution in [3.63, 3.8) is 0 Å². The standard InChI is InChI=1S/C15H14O.Ca/c16-15(14-9-5-2-6-10-14)12-11-13-7-3-1-4-8-13;/h1-7,9-13H,8H2;. The number of rotatable bonds is 3. The number of hydrogen-bond acceptors (Lipinski definition) is 1. The summed E-state index contributed by atoms with van der Waals surface area (Å²) in [5.74, 6) is 0.432. The summed E-state index contributed by atoms with van der Waals surface area (Å²) >= 11 is 0. The minimum Gasteiger partial charge on any atom is -0.289 e. The monoisotopic (exact) mass is 250 g/mol. The van der Waals surface area contributed by atoms with Crippen LogP contribution in [0.25, 0.3) is 0 Å². The Morgan fingerprint density at radius 3 is 2.59 bits per heavy atom. The van der Waals surface area contributed by atoms with Crippen LogP contribution in [0.3, 0.4) is 0 Å². The van der Waals surface area contributed by atoms with E-state index in [4.69, 9.17) is 0 Å². The number of benzene rings is 1. The maximum absolute atomic E-state index is 11.8. The number of ketones is 1. The van der Waals surface area contributed by atoms with Crippen molar-refractivity contribution in [3.05, 3.63) is 72.4 Å². The Hall–Kier alpha value is -0.630. The molecule has 0 saturated heterocycles. The van der Waals surface area contributed by atoms with Gasteiger partial charge in [0.25, 0.3) is 0 Å². The molecule has 17 heavy (non-hydrogen) atoms. The second-order valence-electron chi connectivity index (χ2n) is 3.80. The van der Waals surface area contributed by atoms with E-state index in [0.717, 1.165) is 12.0 Å². The summed E-state index contributed by atoms with van der Waals surface area (Å²) in [5.41, 5.74) is 0.745. The minimum absolute atomic E-state index is 0. The average molecular weight is 250 g/mol. The van der Waals surface area contributed by atoms with Crippen LogP contribution in [0.4, 0.5) is 0 Å². The Morgan fingerprint density at radius 1 is 1.18 bits per heavy atom. The molecule has 1 aromatic carbocycles. The predicted octanol–water partition coefficient (Wildman–Crippen LogP) is 3.18. The summed E-state index contributed by atoms with van der Waals surface area (Å²) in [5, 5.41) is 0. The van der Waals surface area contributed by atoms with Crippen LogP contribution >= 0.6 is 0 Å². The van der Waals surface area contributed by atoms with Gasteiger partial charge in [0.2, 0.25) is 0 Å². The van der Waals surface area contributed by atoms with E-state index in [1.54, 1.807) is 6.08 Å². The zero-order chi connectivity index (χ0) is 11.2. The molecule has 2 heteroatoms. The Balaban J connectivity index is 0.00000144. The second-order valence-corrected chi connectivity index (χ2v) is 3.80. The fourth-order valence-electron chi connectivity index (χ4n) is 1.65. The molecule has 0 aromatic heterocycles. The molecule has 1 aliphatic carbocycles. The van der Waals surface area contributed by atoms with E-state index in [1.165, 1.54) is 0 Å². The van der Waals surface area contributed by atoms with E-state index >= 15 is 0 Å². The van der Waals surface area contributed by atoms with E-state index in [1.807, 2.05) is 48.6 Å². The third-order valence-corrected chi connectivity index (χ3v) is 2.57. The van der Waals surface area contributed by atoms with Crippen LogP contribution in [0.5, 0.6) is 0 Å². The van der Waals surface area contributed by atoms with Gasteiger partial charge in [-0.15, -0.1) is 0 Å². The first-order valence-electron chi connectivity index (χ1n) is 5.47. The van der Waals surface area contributed by atoms with E-state index < -0.39 is 0 Å². The van der Waals surface area contributed by atoms with Crippen molar-refractivity contribution in [2.24, 2.45) is 5.92 Å². The zero-order valence-electron chi connectivity index (χ0n) is 9.75. The van der Waals surface area contributed by atoms with Gasteiger partial charge in [-0.1, -0.05) is 60.7 Å². The summed E-state index contributed by atoms with van der Waals surface area (Å²) in [6.45, 7) is 0. The molecule has 0 N–H and O–H groups in total. The summed E-state index contributed by atoms with van der Waals surface area (Å²) in [6.07, 6.45) is 12.9. The minimum atomic E-state index is 0. The van der Waals surface area contributed by atoms with Crippen molar-refractivity contribution in [1.82, 2.24) is 0 Å². The van der Waals surface area contributed by atoms with Gasteiger partial charge >= 0.3 is 0 Å². The first-order valence-corrected chi connectivity index (χ1v) is 5.47. The van der Waals surface area contributed by atoms with Crippen molar-refractivity contribution in [2.75, 3.05) is 0 Å². The smallest absolute Gasteiger partial charge is 0.185 e. The van der Waals surface area contributed by atoms with Crippen LogP contribution < -0.4 is 0 Å². The Labute approximate surface area is 132 Å². The van der Waals surface area contributed by atoms with Gasteiger partial charge in [-0.3, -0.25) is 4.79 Å². The normalized spacial score (nSPS) is 18.0. The quantitative estimate of drug-likeness (QED) is 0.457. The Bertz CT molecular complexity index is 443. The van der Waals surface area contributed by atoms with Crippen LogP contribution in [0.1, 0.15) is 16.8 Å². The molecule has 0 spiro atoms. The summed E-state index contributed by atoms with van der Waals surface area (Å²) < 4.78 is 0. The zero-order valence-corrected chi connectivity index (χ0v) is 12.0. The molecule has 0 heterocycles. The van der Waals surface area contributed by atoms with Gasteiger partial charge < -0.3 is 0 Å². The largest absolute Gasteiger partial charge is 0.289 e. The topological polar surface area (TPSA) is 17.1 Å². The molecular weight excluding hydrogens is 236 g/mol. The molecule has 1 atom stereocenters. The molecule has 82 valence electrons. The first-order chi connectivity index (χ1) is 7.86. The first kappa shape index (κ1) is 14.4. The van der Waals surface area contributed by atoms with E-state index in [-0.39, 0.29) is 43.5 Å². The van der Waals surface area contributed by atoms with Gasteiger partial charge in [-0.2, -0.15) is 0 Å². The summed E-state index contributed by atoms with van der Waals surface area (Å²) in [6, 6.07) is 9.34. The average Bonchev–Trinajstić information content (AvgIpc) is 2.38. The number of allylic oxidation sites excluding steroid dienone is 6. The van der Waals surface area contributed by atoms with Crippen LogP contribution in [-0.4, -0.2) is 43.5 Å². The molecule has 0 bridgehead atoms. The molecule has 0 aliphatic heterocycles. The van der Waals surface area contributed by atoms with Crippen molar-refractivity contribution in [1.29, 1.82) is 0 Å². The summed E-state index contributed by atoms with van der Waals surface area (Å²) in [4.78, 5) is 11.8. The van der Waals surface area contributed by atoms with E-state index in [0.29, 0.717) is 5.92 Å². The second kappa shape index (κ2) is 7.65. The van der Waals surface area contributed by atoms with Crippen molar-refractivity contribution < 1.29 is 4.79 Å². The van der Waals surface area contributed by atoms with Gasteiger partial charge in [0.05, 0.1) is 0 Å². The maximum atomic E-state index is 11.8. The van der Waals surface area contributed by atoms with Gasteiger partial charge in [-0.05, 0) is 18.4 Å². The van der Waals surface area contributed by atoms with Gasteiger partial charge in [0, 0.05) is 43.3 Å². The molecule has 0 saturated carbocycles. The molecular formula is C15H14CaO. The van der Waals surface area contributed by atoms with Crippen molar-refractivity contribution in [3.8, 4) is 0 Å². The van der Waals surface area contributed by atoms with Crippen molar-refractivity contribution >= 4 is 43.5 Å². The Kier molecular flexibility index (Phi) is 6.49. The third kappa shape index (κ3) is 4.63. The number of hydrogen-bond donors (Lipinski definition) is 0. The molecule has 1 aromatic rings. The molecule has 0 fully saturated rings. The summed E-state index contributed by atoms with van der Waals surface area (Å²) in [7, 11) is 0. The fraction of sp³-hybridized carbons (Fsp3) is 0.133. The van der Waals surface area contributed by atoms with Crippen molar-refractivity contribution in [2.45, 2.75) is 6.42 Å². The van der Waals surface area contributed by atoms with Crippen LogP contribution in [0.15, 0.2) is 66.8 Å². The molecule has 2 radical (unpaired) electrons. The fourth-order valence-corrected chi connectivity index (χ4v) is 1.65. The maximum Gasteiger partial charge on any atom is 0.185 e. The number of carbonyl (C=O) groups excluding carboxylic acids is 1. The van der Waals surface area contributed by atoms with Gasteiger partial charge in [-0.25, -0.2) is 0 Å². The molecule has 2 rings (SSSR count). The van der Waals surface area contributed by atoms with E-state index in [9.17, 15) is 4.79 Å². The van der Waals surface area contributed by atoms with E-state index in [2.05, 4.69) is 12.2 Å². The van der Waals surface area contributed by atoms with Gasteiger partial charge in [0.1, 0.15) is 0 Å². The molecule has 1 unspecified atom stereocenters. The molecule has 0 amide bonds. The van der Waals surface area contributed by atoms with Gasteiger partial charge in [0.15, 0.2) is 5.78 Å². The third-order valence-electron chi connectivity index (χ3n) is 2.57. The van der Waals surface area contributed by atoms with Crippen LogP contribution in [0, 0.1) is 5.92 Å². The number of carbonyl (C=O) groups is 1.